The van der Waals surface area contributed by atoms with Gasteiger partial charge >= 0.3 is 53.8 Å². The molecule has 2 rings (SSSR count). The molecule has 1 heterocycles. The highest BCUT2D eigenvalue weighted by molar-refractivity contribution is 7.92. The second-order valence-electron chi connectivity index (χ2n) is 8.03. The Kier molecular flexibility index (Phi) is 8.97. The van der Waals surface area contributed by atoms with Crippen molar-refractivity contribution in [1.29, 1.82) is 0 Å². The van der Waals surface area contributed by atoms with Crippen LogP contribution in [0.5, 0.6) is 0 Å². The van der Waals surface area contributed by atoms with Gasteiger partial charge in [-0.25, -0.2) is 31.9 Å². The van der Waals surface area contributed by atoms with Crippen LogP contribution in [-0.2, 0) is 14.8 Å². The molecule has 0 aliphatic heterocycles. The number of carbonyl (C=O) groups excluding carboxylic acids is 1. The van der Waals surface area contributed by atoms with Gasteiger partial charge in [0.2, 0.25) is 5.95 Å². The van der Waals surface area contributed by atoms with E-state index >= 15 is 0 Å². The van der Waals surface area contributed by atoms with Crippen molar-refractivity contribution in [1.82, 2.24) is 9.97 Å². The fourth-order valence-corrected chi connectivity index (χ4v) is 3.69. The van der Waals surface area contributed by atoms with Crippen molar-refractivity contribution in [3.05, 3.63) is 42.7 Å². The van der Waals surface area contributed by atoms with E-state index in [1.807, 2.05) is 0 Å². The highest BCUT2D eigenvalue weighted by Gasteiger charge is 2.94. The highest BCUT2D eigenvalue weighted by atomic mass is 32.2. The molecule has 0 fully saturated rings. The molecule has 0 unspecified atom stereocenters. The van der Waals surface area contributed by atoms with Crippen LogP contribution < -0.4 is 10.0 Å². The summed E-state index contributed by atoms with van der Waals surface area (Å²) in [6.45, 7) is 0. The lowest BCUT2D eigenvalue weighted by Crippen LogP contribution is -2.74. The van der Waals surface area contributed by atoms with Crippen molar-refractivity contribution in [2.75, 3.05) is 10.0 Å². The van der Waals surface area contributed by atoms with Gasteiger partial charge in [0.05, 0.1) is 4.90 Å². The Bertz CT molecular complexity index is 1420. The van der Waals surface area contributed by atoms with Gasteiger partial charge in [-0.1, -0.05) is 0 Å². The second-order valence-corrected chi connectivity index (χ2v) is 9.71. The highest BCUT2D eigenvalue weighted by Crippen LogP contribution is 2.62. The van der Waals surface area contributed by atoms with Crippen LogP contribution in [0.1, 0.15) is 0 Å². The number of alkyl halides is 16. The molecule has 2 N–H and O–H groups in total. The number of benzene rings is 1. The zero-order valence-corrected chi connectivity index (χ0v) is 20.5. The predicted octanol–water partition coefficient (Wildman–Crippen LogP) is 5.93. The lowest BCUT2D eigenvalue weighted by molar-refractivity contribution is -0.443. The van der Waals surface area contributed by atoms with Crippen LogP contribution >= 0.6 is 0 Å². The third kappa shape index (κ3) is 5.59. The van der Waals surface area contributed by atoms with Gasteiger partial charge < -0.3 is 5.32 Å². The van der Waals surface area contributed by atoms with E-state index in [0.29, 0.717) is 29.6 Å². The van der Waals surface area contributed by atoms with Crippen molar-refractivity contribution in [2.45, 2.75) is 52.8 Å². The van der Waals surface area contributed by atoms with Crippen LogP contribution in [-0.4, -0.2) is 72.2 Å². The molecule has 0 saturated carbocycles. The number of carbonyl (C=O) groups is 1. The van der Waals surface area contributed by atoms with E-state index in [1.54, 1.807) is 4.72 Å². The first kappa shape index (κ1) is 35.6. The Labute approximate surface area is 227 Å². The van der Waals surface area contributed by atoms with E-state index in [4.69, 9.17) is 0 Å². The van der Waals surface area contributed by atoms with Gasteiger partial charge in [-0.05, 0) is 30.3 Å². The molecule has 0 aliphatic carbocycles. The lowest BCUT2D eigenvalue weighted by atomic mass is 9.89. The molecule has 1 amide bonds. The van der Waals surface area contributed by atoms with Crippen molar-refractivity contribution in [3.8, 4) is 0 Å². The van der Waals surface area contributed by atoms with E-state index in [0.717, 1.165) is 12.4 Å². The van der Waals surface area contributed by atoms with Gasteiger partial charge in [-0.3, -0.25) is 4.79 Å². The molecule has 2 aromatic rings. The Morgan fingerprint density at radius 3 is 1.53 bits per heavy atom. The van der Waals surface area contributed by atoms with Crippen molar-refractivity contribution in [2.24, 2.45) is 0 Å². The van der Waals surface area contributed by atoms with Crippen molar-refractivity contribution in [3.63, 3.8) is 0 Å². The maximum Gasteiger partial charge on any atom is 0.393 e. The minimum Gasteiger partial charge on any atom is -0.321 e. The number of anilines is 2. The van der Waals surface area contributed by atoms with E-state index in [9.17, 15) is 83.5 Å². The maximum absolute atomic E-state index is 14.1. The molecule has 1 aromatic heterocycles. The van der Waals surface area contributed by atoms with Gasteiger partial charge in [0, 0.05) is 18.1 Å². The summed E-state index contributed by atoms with van der Waals surface area (Å²) in [5.74, 6) is -61.2. The first-order valence-electron chi connectivity index (χ1n) is 10.3. The molecule has 0 spiro atoms. The number of aromatic nitrogens is 2. The number of hydrogen-bond acceptors (Lipinski definition) is 5. The van der Waals surface area contributed by atoms with Crippen molar-refractivity contribution < 1.29 is 83.5 Å². The van der Waals surface area contributed by atoms with Crippen molar-refractivity contribution >= 4 is 27.6 Å². The van der Waals surface area contributed by atoms with Crippen LogP contribution in [0, 0.1) is 0 Å². The maximum atomic E-state index is 14.1. The van der Waals surface area contributed by atoms with E-state index in [-0.39, 0.29) is 0 Å². The third-order valence-corrected chi connectivity index (χ3v) is 6.51. The topological polar surface area (TPSA) is 101 Å². The molecule has 0 atom stereocenters. The normalized spacial score (nSPS) is 14.5. The summed E-state index contributed by atoms with van der Waals surface area (Å²) in [5, 5.41) is 0.706. The zero-order valence-electron chi connectivity index (χ0n) is 19.7. The fourth-order valence-electron chi connectivity index (χ4n) is 2.74. The van der Waals surface area contributed by atoms with Crippen LogP contribution in [0.2, 0.25) is 0 Å². The number of rotatable bonds is 12. The minimum absolute atomic E-state index is 0.320. The standard InChI is InChI=1S/C19H10F16N4O3S/c20-10(21)13(22,23)15(26,27)17(30,31)19(34,35)18(32,33)16(28,29)14(24,25)11(40)38-8-2-4-9(5-3-8)43(41,42)39-12-36-6-1-7-37-12/h1-7,10H,(H,38,40)(H,36,37,39). The first-order chi connectivity index (χ1) is 19.1. The third-order valence-electron chi connectivity index (χ3n) is 5.16. The Hall–Kier alpha value is -3.60. The second kappa shape index (κ2) is 10.8. The number of nitrogens with zero attached hydrogens (tertiary/aromatic N) is 2. The smallest absolute Gasteiger partial charge is 0.321 e. The Balaban J connectivity index is 2.39. The Morgan fingerprint density at radius 2 is 1.09 bits per heavy atom. The van der Waals surface area contributed by atoms with Gasteiger partial charge in [0.25, 0.3) is 10.0 Å². The van der Waals surface area contributed by atoms with Crippen LogP contribution in [0.3, 0.4) is 0 Å². The molecule has 1 aromatic carbocycles. The summed E-state index contributed by atoms with van der Waals surface area (Å²) in [6, 6.07) is 2.82. The van der Waals surface area contributed by atoms with Crippen LogP contribution in [0.25, 0.3) is 0 Å². The Morgan fingerprint density at radius 1 is 0.674 bits per heavy atom. The summed E-state index contributed by atoms with van der Waals surface area (Å²) >= 11 is 0. The molecular formula is C19H10F16N4O3S. The van der Waals surface area contributed by atoms with E-state index in [1.165, 1.54) is 6.07 Å². The number of amides is 1. The van der Waals surface area contributed by atoms with E-state index in [2.05, 4.69) is 9.97 Å². The predicted molar refractivity (Wildman–Crippen MR) is 109 cm³/mol. The van der Waals surface area contributed by atoms with Gasteiger partial charge in [-0.15, -0.1) is 0 Å². The van der Waals surface area contributed by atoms with Gasteiger partial charge in [0.1, 0.15) is 0 Å². The average molecular weight is 678 g/mol. The fraction of sp³-hybridized carbons (Fsp3) is 0.421. The van der Waals surface area contributed by atoms with E-state index < -0.39 is 80.3 Å². The summed E-state index contributed by atoms with van der Waals surface area (Å²) < 4.78 is 241. The van der Waals surface area contributed by atoms with Gasteiger partial charge in [-0.2, -0.15) is 61.5 Å². The monoisotopic (exact) mass is 678 g/mol. The lowest BCUT2D eigenvalue weighted by Gasteiger charge is -2.42. The number of nitrogens with one attached hydrogen (secondary N) is 2. The summed E-state index contributed by atoms with van der Waals surface area (Å²) in [6.07, 6.45) is -3.80. The van der Waals surface area contributed by atoms with Crippen LogP contribution in [0.4, 0.5) is 81.9 Å². The average Bonchev–Trinajstić information content (AvgIpc) is 2.88. The number of hydrogen-bond donors (Lipinski definition) is 2. The molecule has 0 bridgehead atoms. The SMILES string of the molecule is O=C(Nc1ccc(S(=O)(=O)Nc2ncccn2)cc1)C(F)(F)C(F)(F)C(F)(F)C(F)(F)C(F)(F)C(F)(F)C(F)(F)C(F)F. The molecule has 0 radical (unpaired) electrons. The number of sulfonamides is 1. The summed E-state index contributed by atoms with van der Waals surface area (Å²) in [7, 11) is -4.56. The molecule has 0 aliphatic rings. The quantitative estimate of drug-likeness (QED) is 0.272. The largest absolute Gasteiger partial charge is 0.393 e. The molecule has 24 heteroatoms. The molecule has 0 saturated heterocycles. The molecule has 242 valence electrons. The minimum atomic E-state index is -8.65. The zero-order chi connectivity index (χ0) is 33.7. The molecule has 43 heavy (non-hydrogen) atoms. The number of halogens is 16. The summed E-state index contributed by atoms with van der Waals surface area (Å²) in [4.78, 5) is 17.9. The summed E-state index contributed by atoms with van der Waals surface area (Å²) in [5.41, 5.74) is -1.17. The van der Waals surface area contributed by atoms with Crippen LogP contribution in [0.15, 0.2) is 47.6 Å². The van der Waals surface area contributed by atoms with Gasteiger partial charge in [0.15, 0.2) is 0 Å². The molecular weight excluding hydrogens is 668 g/mol. The first-order valence-corrected chi connectivity index (χ1v) is 11.8. The molecule has 7 nitrogen and oxygen atoms in total.